The summed E-state index contributed by atoms with van der Waals surface area (Å²) in [6.07, 6.45) is 1.59. The summed E-state index contributed by atoms with van der Waals surface area (Å²) in [7, 11) is 0. The van der Waals surface area contributed by atoms with Gasteiger partial charge in [-0.05, 0) is 31.5 Å². The first-order valence-corrected chi connectivity index (χ1v) is 6.12. The predicted octanol–water partition coefficient (Wildman–Crippen LogP) is 3.11. The number of aryl methyl sites for hydroxylation is 1. The zero-order valence-electron chi connectivity index (χ0n) is 11.2. The highest BCUT2D eigenvalue weighted by Gasteiger charge is 2.14. The molecule has 2 aromatic rings. The highest BCUT2D eigenvalue weighted by molar-refractivity contribution is 5.46. The van der Waals surface area contributed by atoms with Crippen LogP contribution in [0.1, 0.15) is 24.1 Å². The summed E-state index contributed by atoms with van der Waals surface area (Å²) >= 11 is 0. The fourth-order valence-electron chi connectivity index (χ4n) is 1.75. The first kappa shape index (κ1) is 14.0. The third kappa shape index (κ3) is 2.92. The van der Waals surface area contributed by atoms with Crippen molar-refractivity contribution in [2.45, 2.75) is 19.9 Å². The van der Waals surface area contributed by atoms with E-state index in [9.17, 15) is 10.1 Å². The second-order valence-electron chi connectivity index (χ2n) is 4.50. The lowest BCUT2D eigenvalue weighted by Gasteiger charge is -2.13. The molecule has 20 heavy (non-hydrogen) atoms. The van der Waals surface area contributed by atoms with Crippen LogP contribution in [0.3, 0.4) is 0 Å². The minimum absolute atomic E-state index is 0.0242. The average molecular weight is 273 g/mol. The Morgan fingerprint density at radius 2 is 2.15 bits per heavy atom. The van der Waals surface area contributed by atoms with E-state index < -0.39 is 4.92 Å². The van der Waals surface area contributed by atoms with Crippen LogP contribution in [0, 0.1) is 17.0 Å². The number of nitro groups is 1. The van der Waals surface area contributed by atoms with Crippen LogP contribution in [0.2, 0.25) is 0 Å². The Kier molecular flexibility index (Phi) is 3.95. The summed E-state index contributed by atoms with van der Waals surface area (Å²) in [6.45, 7) is 3.64. The molecule has 0 saturated carbocycles. The molecule has 6 heteroatoms. The molecule has 104 valence electrons. The minimum atomic E-state index is -0.461. The Morgan fingerprint density at radius 3 is 2.80 bits per heavy atom. The highest BCUT2D eigenvalue weighted by atomic mass is 16.6. The molecule has 1 aromatic heterocycles. The summed E-state index contributed by atoms with van der Waals surface area (Å²) in [5, 5.41) is 10.8. The Bertz CT molecular complexity index is 641. The fraction of sp³-hybridized carbons (Fsp3) is 0.214. The minimum Gasteiger partial charge on any atom is -0.438 e. The van der Waals surface area contributed by atoms with E-state index in [0.29, 0.717) is 11.6 Å². The number of ether oxygens (including phenoxy) is 1. The molecule has 0 fully saturated rings. The van der Waals surface area contributed by atoms with Crippen molar-refractivity contribution in [2.24, 2.45) is 5.73 Å². The number of nitrogens with two attached hydrogens (primary N) is 1. The maximum Gasteiger partial charge on any atom is 0.273 e. The van der Waals surface area contributed by atoms with Crippen LogP contribution in [0.4, 0.5) is 5.69 Å². The van der Waals surface area contributed by atoms with E-state index >= 15 is 0 Å². The SMILES string of the molecule is Cc1ccc([N+](=O)[O-])cc1Oc1ncccc1[C@@H](C)N. The summed E-state index contributed by atoms with van der Waals surface area (Å²) in [6, 6.07) is 7.81. The molecular formula is C14H15N3O3. The van der Waals surface area contributed by atoms with Crippen LogP contribution in [-0.4, -0.2) is 9.91 Å². The summed E-state index contributed by atoms with van der Waals surface area (Å²) in [5.74, 6) is 0.769. The molecule has 0 saturated heterocycles. The van der Waals surface area contributed by atoms with E-state index in [2.05, 4.69) is 4.98 Å². The molecule has 0 aliphatic carbocycles. The summed E-state index contributed by atoms with van der Waals surface area (Å²) in [4.78, 5) is 14.5. The molecule has 0 aliphatic heterocycles. The highest BCUT2D eigenvalue weighted by Crippen LogP contribution is 2.31. The van der Waals surface area contributed by atoms with Crippen LogP contribution in [0.15, 0.2) is 36.5 Å². The van der Waals surface area contributed by atoms with Crippen LogP contribution in [-0.2, 0) is 0 Å². The molecule has 2 rings (SSSR count). The van der Waals surface area contributed by atoms with Gasteiger partial charge in [-0.15, -0.1) is 0 Å². The lowest BCUT2D eigenvalue weighted by molar-refractivity contribution is -0.384. The average Bonchev–Trinajstić information content (AvgIpc) is 2.41. The van der Waals surface area contributed by atoms with E-state index in [0.717, 1.165) is 11.1 Å². The number of rotatable bonds is 4. The lowest BCUT2D eigenvalue weighted by Crippen LogP contribution is -2.07. The van der Waals surface area contributed by atoms with Crippen LogP contribution < -0.4 is 10.5 Å². The second-order valence-corrected chi connectivity index (χ2v) is 4.50. The number of nitro benzene ring substituents is 1. The molecule has 0 spiro atoms. The molecule has 1 heterocycles. The van der Waals surface area contributed by atoms with Gasteiger partial charge in [-0.2, -0.15) is 0 Å². The van der Waals surface area contributed by atoms with Crippen molar-refractivity contribution < 1.29 is 9.66 Å². The molecule has 6 nitrogen and oxygen atoms in total. The van der Waals surface area contributed by atoms with Gasteiger partial charge in [-0.3, -0.25) is 10.1 Å². The van der Waals surface area contributed by atoms with E-state index in [1.54, 1.807) is 18.3 Å². The zero-order chi connectivity index (χ0) is 14.7. The number of nitrogens with zero attached hydrogens (tertiary/aromatic N) is 2. The Balaban J connectivity index is 2.40. The quantitative estimate of drug-likeness (QED) is 0.682. The Labute approximate surface area is 116 Å². The van der Waals surface area contributed by atoms with Gasteiger partial charge in [0.2, 0.25) is 5.88 Å². The van der Waals surface area contributed by atoms with Gasteiger partial charge in [-0.1, -0.05) is 6.07 Å². The van der Waals surface area contributed by atoms with Crippen molar-refractivity contribution in [3.63, 3.8) is 0 Å². The Hall–Kier alpha value is -2.47. The molecule has 1 aromatic carbocycles. The fourth-order valence-corrected chi connectivity index (χ4v) is 1.75. The largest absolute Gasteiger partial charge is 0.438 e. The molecular weight excluding hydrogens is 258 g/mol. The van der Waals surface area contributed by atoms with E-state index in [-0.39, 0.29) is 11.7 Å². The number of non-ortho nitro benzene ring substituents is 1. The van der Waals surface area contributed by atoms with Gasteiger partial charge >= 0.3 is 0 Å². The first-order chi connectivity index (χ1) is 9.49. The summed E-state index contributed by atoms with van der Waals surface area (Å²) < 4.78 is 5.70. The topological polar surface area (TPSA) is 91.3 Å². The summed E-state index contributed by atoms with van der Waals surface area (Å²) in [5.41, 5.74) is 7.37. The maximum atomic E-state index is 10.8. The van der Waals surface area contributed by atoms with Crippen LogP contribution in [0.25, 0.3) is 0 Å². The molecule has 0 amide bonds. The second kappa shape index (κ2) is 5.66. The van der Waals surface area contributed by atoms with Gasteiger partial charge in [0.15, 0.2) is 0 Å². The van der Waals surface area contributed by atoms with Crippen molar-refractivity contribution >= 4 is 5.69 Å². The van der Waals surface area contributed by atoms with Gasteiger partial charge in [-0.25, -0.2) is 4.98 Å². The van der Waals surface area contributed by atoms with Crippen molar-refractivity contribution in [3.05, 3.63) is 57.8 Å². The van der Waals surface area contributed by atoms with Crippen molar-refractivity contribution in [2.75, 3.05) is 0 Å². The number of aromatic nitrogens is 1. The number of hydrogen-bond donors (Lipinski definition) is 1. The van der Waals surface area contributed by atoms with Crippen LogP contribution >= 0.6 is 0 Å². The van der Waals surface area contributed by atoms with Gasteiger partial charge < -0.3 is 10.5 Å². The van der Waals surface area contributed by atoms with Crippen molar-refractivity contribution in [1.29, 1.82) is 0 Å². The van der Waals surface area contributed by atoms with E-state index in [4.69, 9.17) is 10.5 Å². The molecule has 1 atom stereocenters. The third-order valence-corrected chi connectivity index (χ3v) is 2.88. The zero-order valence-corrected chi connectivity index (χ0v) is 11.2. The van der Waals surface area contributed by atoms with Gasteiger partial charge in [0, 0.05) is 23.9 Å². The first-order valence-electron chi connectivity index (χ1n) is 6.12. The van der Waals surface area contributed by atoms with Crippen molar-refractivity contribution in [3.8, 4) is 11.6 Å². The lowest BCUT2D eigenvalue weighted by atomic mass is 10.1. The van der Waals surface area contributed by atoms with Gasteiger partial charge in [0.05, 0.1) is 11.0 Å². The van der Waals surface area contributed by atoms with Crippen LogP contribution in [0.5, 0.6) is 11.6 Å². The standard InChI is InChI=1S/C14H15N3O3/c1-9-5-6-11(17(18)19)8-13(9)20-14-12(10(2)15)4-3-7-16-14/h3-8,10H,15H2,1-2H3/t10-/m1/s1. The van der Waals surface area contributed by atoms with E-state index in [1.165, 1.54) is 12.1 Å². The maximum absolute atomic E-state index is 10.8. The smallest absolute Gasteiger partial charge is 0.273 e. The normalized spacial score (nSPS) is 11.9. The van der Waals surface area contributed by atoms with Gasteiger partial charge in [0.1, 0.15) is 5.75 Å². The van der Waals surface area contributed by atoms with Crippen molar-refractivity contribution in [1.82, 2.24) is 4.98 Å². The molecule has 2 N–H and O–H groups in total. The molecule has 0 unspecified atom stereocenters. The number of benzene rings is 1. The van der Waals surface area contributed by atoms with E-state index in [1.807, 2.05) is 19.9 Å². The van der Waals surface area contributed by atoms with Gasteiger partial charge in [0.25, 0.3) is 5.69 Å². The number of hydrogen-bond acceptors (Lipinski definition) is 5. The number of pyridine rings is 1. The molecule has 0 bridgehead atoms. The predicted molar refractivity (Wildman–Crippen MR) is 74.7 cm³/mol. The molecule has 0 aliphatic rings. The third-order valence-electron chi connectivity index (χ3n) is 2.88. The monoisotopic (exact) mass is 273 g/mol. The molecule has 0 radical (unpaired) electrons. The Morgan fingerprint density at radius 1 is 1.40 bits per heavy atom.